The molecule has 0 bridgehead atoms. The van der Waals surface area contributed by atoms with Crippen molar-refractivity contribution in [3.05, 3.63) is 214 Å². The molecule has 0 saturated heterocycles. The van der Waals surface area contributed by atoms with Gasteiger partial charge in [0.15, 0.2) is 12.8 Å². The smallest absolute Gasteiger partial charge is 0.187 e. The summed E-state index contributed by atoms with van der Waals surface area (Å²) in [6, 6.07) is 57.7. The summed E-state index contributed by atoms with van der Waals surface area (Å²) in [5.41, 5.74) is 11.0. The van der Waals surface area contributed by atoms with Crippen molar-refractivity contribution in [2.45, 2.75) is 24.7 Å². The second-order valence-corrected chi connectivity index (χ2v) is 16.9. The average molecular weight is 685 g/mol. The van der Waals surface area contributed by atoms with Crippen LogP contribution in [-0.4, -0.2) is 0 Å². The summed E-state index contributed by atoms with van der Waals surface area (Å²) in [7, 11) is -3.46. The van der Waals surface area contributed by atoms with Crippen molar-refractivity contribution in [2.24, 2.45) is 0 Å². The van der Waals surface area contributed by atoms with Gasteiger partial charge in [0.25, 0.3) is 0 Å². The van der Waals surface area contributed by atoms with Crippen LogP contribution in [0.25, 0.3) is 27.1 Å². The van der Waals surface area contributed by atoms with Crippen molar-refractivity contribution in [1.82, 2.24) is 0 Å². The zero-order chi connectivity index (χ0) is 35.7. The van der Waals surface area contributed by atoms with Crippen LogP contribution in [0.4, 0.5) is 5.69 Å². The highest BCUT2D eigenvalue weighted by Crippen LogP contribution is 2.56. The van der Waals surface area contributed by atoms with Gasteiger partial charge in [0, 0.05) is 26.7 Å². The molecule has 3 unspecified atom stereocenters. The van der Waals surface area contributed by atoms with E-state index in [-0.39, 0.29) is 0 Å². The Morgan fingerprint density at radius 1 is 0.519 bits per heavy atom. The van der Waals surface area contributed by atoms with Crippen LogP contribution in [0.15, 0.2) is 164 Å². The maximum absolute atomic E-state index is 16.4. The Kier molecular flexibility index (Phi) is 7.10. The predicted octanol–water partition coefficient (Wildman–Crippen LogP) is 10.4. The molecule has 0 aromatic heterocycles. The number of nitriles is 1. The minimum atomic E-state index is -3.46. The molecule has 3 atom stereocenters. The second kappa shape index (κ2) is 11.6. The van der Waals surface area contributed by atoms with Gasteiger partial charge in [0.2, 0.25) is 0 Å². The SMILES string of the molecule is [C-]#[N+]c1ccc2c(c1)C(C)(c1ccccc1)c1cc(P(=O)(c3ccccc3)c3ccc4c(c3)C(C)(c3ccccc3)c3cc(C#N)ccc3-4)ccc1-2. The van der Waals surface area contributed by atoms with Gasteiger partial charge in [-0.05, 0) is 93.7 Å². The summed E-state index contributed by atoms with van der Waals surface area (Å²) in [6.07, 6.45) is 0. The van der Waals surface area contributed by atoms with Gasteiger partial charge < -0.3 is 4.57 Å². The first-order valence-corrected chi connectivity index (χ1v) is 19.2. The van der Waals surface area contributed by atoms with E-state index in [1.807, 2.05) is 78.9 Å². The second-order valence-electron chi connectivity index (χ2n) is 14.1. The first-order chi connectivity index (χ1) is 25.3. The fourth-order valence-electron chi connectivity index (χ4n) is 8.81. The first-order valence-electron chi connectivity index (χ1n) is 17.5. The number of hydrogen-bond donors (Lipinski definition) is 0. The highest BCUT2D eigenvalue weighted by Gasteiger charge is 2.45. The number of rotatable bonds is 5. The molecule has 2 aliphatic carbocycles. The maximum atomic E-state index is 16.4. The highest BCUT2D eigenvalue weighted by atomic mass is 31.2. The Bertz CT molecular complexity index is 2540. The van der Waals surface area contributed by atoms with Crippen molar-refractivity contribution in [3.63, 3.8) is 0 Å². The lowest BCUT2D eigenvalue weighted by molar-refractivity contribution is 0.592. The summed E-state index contributed by atoms with van der Waals surface area (Å²) in [6.45, 7) is 12.2. The van der Waals surface area contributed by atoms with Crippen LogP contribution in [-0.2, 0) is 15.4 Å². The Morgan fingerprint density at radius 3 is 1.42 bits per heavy atom. The summed E-state index contributed by atoms with van der Waals surface area (Å²) in [4.78, 5) is 3.78. The van der Waals surface area contributed by atoms with Crippen molar-refractivity contribution in [2.75, 3.05) is 0 Å². The summed E-state index contributed by atoms with van der Waals surface area (Å²) in [5.74, 6) is 0. The molecular formula is C48H33N2OP. The van der Waals surface area contributed by atoms with Crippen molar-refractivity contribution in [3.8, 4) is 28.3 Å². The lowest BCUT2D eigenvalue weighted by Gasteiger charge is -2.31. The van der Waals surface area contributed by atoms with Crippen LogP contribution in [0, 0.1) is 17.9 Å². The number of nitrogens with zero attached hydrogens (tertiary/aromatic N) is 2. The molecule has 0 fully saturated rings. The summed E-state index contributed by atoms with van der Waals surface area (Å²) >= 11 is 0. The molecule has 4 heteroatoms. The van der Waals surface area contributed by atoms with E-state index in [2.05, 4.69) is 110 Å². The monoisotopic (exact) mass is 684 g/mol. The van der Waals surface area contributed by atoms with E-state index in [1.165, 1.54) is 0 Å². The molecule has 0 heterocycles. The molecule has 0 radical (unpaired) electrons. The maximum Gasteiger partial charge on any atom is 0.187 e. The van der Waals surface area contributed by atoms with Crippen LogP contribution in [0.5, 0.6) is 0 Å². The molecule has 7 aromatic carbocycles. The van der Waals surface area contributed by atoms with Gasteiger partial charge >= 0.3 is 0 Å². The normalized spacial score (nSPS) is 18.9. The molecule has 7 aromatic rings. The fourth-order valence-corrected chi connectivity index (χ4v) is 11.5. The lowest BCUT2D eigenvalue weighted by Crippen LogP contribution is -2.29. The number of fused-ring (bicyclic) bond motifs is 6. The van der Waals surface area contributed by atoms with Crippen molar-refractivity contribution >= 4 is 28.7 Å². The molecule has 0 aliphatic heterocycles. The van der Waals surface area contributed by atoms with Gasteiger partial charge in [-0.2, -0.15) is 5.26 Å². The molecule has 0 amide bonds. The Morgan fingerprint density at radius 2 is 0.942 bits per heavy atom. The van der Waals surface area contributed by atoms with Crippen LogP contribution in [0.2, 0.25) is 0 Å². The zero-order valence-electron chi connectivity index (χ0n) is 28.8. The largest absolute Gasteiger partial charge is 0.309 e. The third-order valence-electron chi connectivity index (χ3n) is 11.6. The Balaban J connectivity index is 1.30. The van der Waals surface area contributed by atoms with Gasteiger partial charge in [-0.15, -0.1) is 0 Å². The summed E-state index contributed by atoms with van der Waals surface area (Å²) in [5, 5.41) is 12.2. The van der Waals surface area contributed by atoms with Crippen molar-refractivity contribution < 1.29 is 4.57 Å². The number of benzene rings is 7. The van der Waals surface area contributed by atoms with Crippen LogP contribution in [0.1, 0.15) is 52.8 Å². The van der Waals surface area contributed by atoms with E-state index < -0.39 is 18.0 Å². The topological polar surface area (TPSA) is 45.2 Å². The molecule has 2 aliphatic rings. The van der Waals surface area contributed by atoms with Crippen LogP contribution >= 0.6 is 7.14 Å². The Hall–Kier alpha value is -6.25. The molecule has 3 nitrogen and oxygen atoms in total. The Labute approximate surface area is 304 Å². The van der Waals surface area contributed by atoms with Crippen LogP contribution in [0.3, 0.4) is 0 Å². The van der Waals surface area contributed by atoms with Gasteiger partial charge in [-0.25, -0.2) is 4.85 Å². The standard InChI is InChI=1S/C48H33N2OP/c1-47(33-13-7-4-8-14-33)43-27-32(31-49)19-23-39(43)41-25-21-37(29-45(41)47)52(51,36-17-11-6-12-18-36)38-22-26-42-40-24-20-35(50-3)28-44(40)48(2,46(42)30-38)34-15-9-5-10-16-34/h4-30H,1-2H3. The van der Waals surface area contributed by atoms with Gasteiger partial charge in [-0.3, -0.25) is 0 Å². The summed E-state index contributed by atoms with van der Waals surface area (Å²) < 4.78 is 16.4. The van der Waals surface area contributed by atoms with Crippen molar-refractivity contribution in [1.29, 1.82) is 5.26 Å². The van der Waals surface area contributed by atoms with E-state index in [0.29, 0.717) is 11.3 Å². The first kappa shape index (κ1) is 31.7. The van der Waals surface area contributed by atoms with Crippen LogP contribution < -0.4 is 15.9 Å². The van der Waals surface area contributed by atoms with Gasteiger partial charge in [0.05, 0.1) is 18.2 Å². The number of hydrogen-bond acceptors (Lipinski definition) is 2. The molecule has 9 rings (SSSR count). The van der Waals surface area contributed by atoms with E-state index in [4.69, 9.17) is 6.57 Å². The fraction of sp³-hybridized carbons (Fsp3) is 0.0833. The third kappa shape index (κ3) is 4.34. The van der Waals surface area contributed by atoms with Gasteiger partial charge in [0.1, 0.15) is 0 Å². The van der Waals surface area contributed by atoms with Gasteiger partial charge in [-0.1, -0.05) is 140 Å². The quantitative estimate of drug-likeness (QED) is 0.134. The highest BCUT2D eigenvalue weighted by molar-refractivity contribution is 7.85. The lowest BCUT2D eigenvalue weighted by atomic mass is 9.74. The van der Waals surface area contributed by atoms with E-state index in [9.17, 15) is 5.26 Å². The molecule has 0 N–H and O–H groups in total. The zero-order valence-corrected chi connectivity index (χ0v) is 29.7. The third-order valence-corrected chi connectivity index (χ3v) is 14.6. The molecule has 52 heavy (non-hydrogen) atoms. The van der Waals surface area contributed by atoms with E-state index in [1.54, 1.807) is 0 Å². The minimum absolute atomic E-state index is 0.561. The minimum Gasteiger partial charge on any atom is -0.309 e. The molecule has 246 valence electrons. The van der Waals surface area contributed by atoms with E-state index >= 15 is 4.57 Å². The molecule has 0 saturated carbocycles. The molecular weight excluding hydrogens is 652 g/mol. The average Bonchev–Trinajstić information content (AvgIpc) is 3.63. The predicted molar refractivity (Wildman–Crippen MR) is 212 cm³/mol. The molecule has 0 spiro atoms. The van der Waals surface area contributed by atoms with E-state index in [0.717, 1.165) is 71.5 Å².